The van der Waals surface area contributed by atoms with Gasteiger partial charge in [-0.2, -0.15) is 4.98 Å². The van der Waals surface area contributed by atoms with Gasteiger partial charge in [0.05, 0.1) is 6.61 Å². The summed E-state index contributed by atoms with van der Waals surface area (Å²) in [5.74, 6) is -1.57. The Balaban J connectivity index is 1.51. The number of halogens is 2. The smallest absolute Gasteiger partial charge is 0.351 e. The van der Waals surface area contributed by atoms with E-state index in [9.17, 15) is 38.2 Å². The van der Waals surface area contributed by atoms with E-state index in [4.69, 9.17) is 4.74 Å². The first kappa shape index (κ1) is 25.9. The average molecular weight is 513 g/mol. The Kier molecular flexibility index (Phi) is 7.34. The van der Waals surface area contributed by atoms with Crippen LogP contribution in [0.4, 0.5) is 14.6 Å². The molecular weight excluding hydrogens is 492 g/mol. The molecular formula is C25H21F2N3O7. The predicted octanol–water partition coefficient (Wildman–Crippen LogP) is 1.79. The first-order chi connectivity index (χ1) is 17.6. The summed E-state index contributed by atoms with van der Waals surface area (Å²) in [5.41, 5.74) is -0.0776. The van der Waals surface area contributed by atoms with Gasteiger partial charge in [0, 0.05) is 34.0 Å². The van der Waals surface area contributed by atoms with Crippen molar-refractivity contribution in [3.05, 3.63) is 93.0 Å². The number of aromatic nitrogens is 2. The number of carbonyl (C=O) groups is 3. The number of aliphatic hydroxyl groups excluding tert-OH is 2. The Labute approximate surface area is 208 Å². The minimum absolute atomic E-state index is 0.0498. The molecule has 12 heteroatoms. The van der Waals surface area contributed by atoms with Crippen molar-refractivity contribution in [2.24, 2.45) is 0 Å². The number of hydrogen-bond donors (Lipinski definition) is 3. The summed E-state index contributed by atoms with van der Waals surface area (Å²) in [5, 5.41) is 21.1. The molecule has 10 nitrogen and oxygen atoms in total. The molecule has 2 unspecified atom stereocenters. The standard InChI is InChI=1S/C25H21F2N3O7/c1-12(37-18(11-31)22(34)23(26)27)30-9-8-19(29-25(30)36)28-24(35)13-6-7-16-17(10-13)21(33)15-5-3-2-4-14(15)20(16)32/h2-10,12,18,22-23,31,34H,11H2,1H3,(H,28,29,35,36)/t12-,18?,22?/m1/s1. The fourth-order valence-electron chi connectivity index (χ4n) is 3.90. The van der Waals surface area contributed by atoms with Crippen LogP contribution >= 0.6 is 0 Å². The third kappa shape index (κ3) is 5.07. The highest BCUT2D eigenvalue weighted by molar-refractivity contribution is 6.28. The Hall–Kier alpha value is -4.13. The summed E-state index contributed by atoms with van der Waals surface area (Å²) in [6.07, 6.45) is -7.06. The maximum absolute atomic E-state index is 12.9. The van der Waals surface area contributed by atoms with Crippen LogP contribution < -0.4 is 11.0 Å². The fourth-order valence-corrected chi connectivity index (χ4v) is 3.90. The summed E-state index contributed by atoms with van der Waals surface area (Å²) in [6.45, 7) is 0.415. The molecule has 2 aromatic carbocycles. The number of ketones is 2. The Bertz CT molecular complexity index is 1440. The van der Waals surface area contributed by atoms with Crippen LogP contribution in [0.25, 0.3) is 0 Å². The minimum Gasteiger partial charge on any atom is -0.394 e. The van der Waals surface area contributed by atoms with Crippen molar-refractivity contribution >= 4 is 23.3 Å². The summed E-state index contributed by atoms with van der Waals surface area (Å²) in [7, 11) is 0. The molecule has 0 spiro atoms. The van der Waals surface area contributed by atoms with Crippen LogP contribution in [-0.2, 0) is 4.74 Å². The number of carbonyl (C=O) groups excluding carboxylic acids is 3. The number of nitrogens with one attached hydrogen (secondary N) is 1. The monoisotopic (exact) mass is 513 g/mol. The predicted molar refractivity (Wildman–Crippen MR) is 125 cm³/mol. The molecule has 0 fully saturated rings. The van der Waals surface area contributed by atoms with Gasteiger partial charge in [0.15, 0.2) is 11.6 Å². The molecule has 0 saturated carbocycles. The Morgan fingerprint density at radius 2 is 1.65 bits per heavy atom. The zero-order valence-electron chi connectivity index (χ0n) is 19.3. The van der Waals surface area contributed by atoms with Crippen LogP contribution in [-0.4, -0.2) is 62.5 Å². The first-order valence-corrected chi connectivity index (χ1v) is 11.1. The lowest BCUT2D eigenvalue weighted by Crippen LogP contribution is -2.40. The van der Waals surface area contributed by atoms with Crippen molar-refractivity contribution in [3.8, 4) is 0 Å². The molecule has 37 heavy (non-hydrogen) atoms. The van der Waals surface area contributed by atoms with Crippen molar-refractivity contribution in [1.29, 1.82) is 0 Å². The summed E-state index contributed by atoms with van der Waals surface area (Å²) in [6, 6.07) is 11.7. The molecule has 3 N–H and O–H groups in total. The van der Waals surface area contributed by atoms with E-state index in [0.717, 1.165) is 4.57 Å². The number of ether oxygens (including phenoxy) is 1. The van der Waals surface area contributed by atoms with Crippen LogP contribution in [0, 0.1) is 0 Å². The fraction of sp³-hybridized carbons (Fsp3) is 0.240. The highest BCUT2D eigenvalue weighted by Gasteiger charge is 2.31. The van der Waals surface area contributed by atoms with E-state index in [2.05, 4.69) is 10.3 Å². The quantitative estimate of drug-likeness (QED) is 0.323. The van der Waals surface area contributed by atoms with Crippen molar-refractivity contribution in [1.82, 2.24) is 9.55 Å². The van der Waals surface area contributed by atoms with Gasteiger partial charge < -0.3 is 20.3 Å². The summed E-state index contributed by atoms with van der Waals surface area (Å²) in [4.78, 5) is 54.5. The van der Waals surface area contributed by atoms with E-state index in [-0.39, 0.29) is 39.4 Å². The second-order valence-corrected chi connectivity index (χ2v) is 8.20. The first-order valence-electron chi connectivity index (χ1n) is 11.1. The molecule has 1 aliphatic carbocycles. The van der Waals surface area contributed by atoms with Gasteiger partial charge in [-0.05, 0) is 31.2 Å². The van der Waals surface area contributed by atoms with E-state index < -0.39 is 48.8 Å². The van der Waals surface area contributed by atoms with Crippen molar-refractivity contribution in [2.45, 2.75) is 31.8 Å². The van der Waals surface area contributed by atoms with Gasteiger partial charge in [-0.3, -0.25) is 19.0 Å². The second kappa shape index (κ2) is 10.5. The molecule has 3 aromatic rings. The molecule has 1 aliphatic rings. The maximum Gasteiger partial charge on any atom is 0.351 e. The van der Waals surface area contributed by atoms with E-state index in [1.54, 1.807) is 18.2 Å². The maximum atomic E-state index is 12.9. The third-order valence-electron chi connectivity index (χ3n) is 5.84. The van der Waals surface area contributed by atoms with Crippen LogP contribution in [0.15, 0.2) is 59.5 Å². The number of amides is 1. The molecule has 0 aliphatic heterocycles. The Morgan fingerprint density at radius 3 is 2.24 bits per heavy atom. The molecule has 1 heterocycles. The number of fused-ring (bicyclic) bond motifs is 2. The molecule has 1 amide bonds. The number of benzene rings is 2. The van der Waals surface area contributed by atoms with Crippen LogP contribution in [0.1, 0.15) is 55.4 Å². The largest absolute Gasteiger partial charge is 0.394 e. The summed E-state index contributed by atoms with van der Waals surface area (Å²) < 4.78 is 31.5. The molecule has 0 radical (unpaired) electrons. The molecule has 192 valence electrons. The number of alkyl halides is 2. The van der Waals surface area contributed by atoms with Gasteiger partial charge in [-0.15, -0.1) is 0 Å². The van der Waals surface area contributed by atoms with Gasteiger partial charge in [0.2, 0.25) is 0 Å². The van der Waals surface area contributed by atoms with Crippen molar-refractivity contribution in [3.63, 3.8) is 0 Å². The van der Waals surface area contributed by atoms with Gasteiger partial charge in [0.1, 0.15) is 24.3 Å². The highest BCUT2D eigenvalue weighted by Crippen LogP contribution is 2.28. The summed E-state index contributed by atoms with van der Waals surface area (Å²) >= 11 is 0. The topological polar surface area (TPSA) is 148 Å². The van der Waals surface area contributed by atoms with E-state index in [0.29, 0.717) is 0 Å². The van der Waals surface area contributed by atoms with Gasteiger partial charge in [0.25, 0.3) is 12.3 Å². The van der Waals surface area contributed by atoms with Crippen LogP contribution in [0.5, 0.6) is 0 Å². The molecule has 4 rings (SSSR count). The van der Waals surface area contributed by atoms with Gasteiger partial charge in [-0.1, -0.05) is 24.3 Å². The lowest BCUT2D eigenvalue weighted by molar-refractivity contribution is -0.153. The van der Waals surface area contributed by atoms with Crippen LogP contribution in [0.3, 0.4) is 0 Å². The highest BCUT2D eigenvalue weighted by atomic mass is 19.3. The molecule has 3 atom stereocenters. The zero-order valence-corrected chi connectivity index (χ0v) is 19.3. The second-order valence-electron chi connectivity index (χ2n) is 8.20. The lowest BCUT2D eigenvalue weighted by Gasteiger charge is -2.25. The van der Waals surface area contributed by atoms with E-state index in [1.165, 1.54) is 43.5 Å². The molecule has 1 aromatic heterocycles. The molecule has 0 saturated heterocycles. The van der Waals surface area contributed by atoms with Crippen molar-refractivity contribution in [2.75, 3.05) is 11.9 Å². The lowest BCUT2D eigenvalue weighted by atomic mass is 9.83. The molecule has 0 bridgehead atoms. The SMILES string of the molecule is C[C@@H](OC(CO)C(O)C(F)F)n1ccc(NC(=O)c2ccc3c(c2)C(=O)c2ccccc2C3=O)nc1=O. The van der Waals surface area contributed by atoms with Crippen LogP contribution in [0.2, 0.25) is 0 Å². The van der Waals surface area contributed by atoms with E-state index in [1.807, 2.05) is 0 Å². The Morgan fingerprint density at radius 1 is 1.03 bits per heavy atom. The number of hydrogen-bond acceptors (Lipinski definition) is 8. The minimum atomic E-state index is -3.16. The van der Waals surface area contributed by atoms with Gasteiger partial charge in [-0.25, -0.2) is 13.6 Å². The number of aliphatic hydroxyl groups is 2. The number of anilines is 1. The third-order valence-corrected chi connectivity index (χ3v) is 5.84. The average Bonchev–Trinajstić information content (AvgIpc) is 2.89. The number of nitrogens with zero attached hydrogens (tertiary/aromatic N) is 2. The van der Waals surface area contributed by atoms with Gasteiger partial charge >= 0.3 is 5.69 Å². The zero-order chi connectivity index (χ0) is 26.9. The number of rotatable bonds is 8. The van der Waals surface area contributed by atoms with E-state index >= 15 is 0 Å². The normalized spacial score (nSPS) is 15.1. The van der Waals surface area contributed by atoms with Crippen molar-refractivity contribution < 1.29 is 38.1 Å².